The lowest BCUT2D eigenvalue weighted by molar-refractivity contribution is 0.0600. The highest BCUT2D eigenvalue weighted by atomic mass is 16.5. The Morgan fingerprint density at radius 1 is 0.962 bits per heavy atom. The largest absolute Gasteiger partial charge is 0.465 e. The molecule has 0 saturated carbocycles. The Kier molecular flexibility index (Phi) is 5.16. The van der Waals surface area contributed by atoms with Crippen molar-refractivity contribution >= 4 is 17.6 Å². The molecule has 1 N–H and O–H groups in total. The van der Waals surface area contributed by atoms with E-state index in [4.69, 9.17) is 9.15 Å². The number of methoxy groups -OCH3 is 1. The molecule has 1 aromatic heterocycles. The molecule has 2 aromatic carbocycles. The lowest BCUT2D eigenvalue weighted by Crippen LogP contribution is -2.10. The number of hydrogen-bond donors (Lipinski definition) is 1. The van der Waals surface area contributed by atoms with Crippen LogP contribution in [0.1, 0.15) is 32.0 Å². The van der Waals surface area contributed by atoms with Gasteiger partial charge in [-0.3, -0.25) is 4.79 Å². The summed E-state index contributed by atoms with van der Waals surface area (Å²) in [5, 5.41) is 2.75. The predicted molar refractivity (Wildman–Crippen MR) is 96.9 cm³/mol. The average molecular weight is 345 g/mol. The molecule has 5 nitrogen and oxygen atoms in total. The van der Waals surface area contributed by atoms with Crippen LogP contribution in [0.15, 0.2) is 71.3 Å². The highest BCUT2D eigenvalue weighted by Gasteiger charge is 2.08. The van der Waals surface area contributed by atoms with Crippen LogP contribution < -0.4 is 5.32 Å². The quantitative estimate of drug-likeness (QED) is 0.580. The normalized spacial score (nSPS) is 9.73. The van der Waals surface area contributed by atoms with Crippen LogP contribution >= 0.6 is 0 Å². The van der Waals surface area contributed by atoms with Crippen LogP contribution in [0.2, 0.25) is 0 Å². The first-order valence-electron chi connectivity index (χ1n) is 7.81. The van der Waals surface area contributed by atoms with Crippen molar-refractivity contribution in [1.29, 1.82) is 0 Å². The van der Waals surface area contributed by atoms with Crippen LogP contribution in [0, 0.1) is 11.8 Å². The SMILES string of the molecule is COC(=O)c1cccc(C#Cc2cccc(NC(=O)c3ccco3)c2)c1. The van der Waals surface area contributed by atoms with Gasteiger partial charge in [0.25, 0.3) is 5.91 Å². The molecule has 0 aliphatic carbocycles. The monoisotopic (exact) mass is 345 g/mol. The lowest BCUT2D eigenvalue weighted by atomic mass is 10.1. The molecule has 0 unspecified atom stereocenters. The van der Waals surface area contributed by atoms with Crippen LogP contribution in [-0.4, -0.2) is 19.0 Å². The van der Waals surface area contributed by atoms with E-state index in [2.05, 4.69) is 17.2 Å². The number of carbonyl (C=O) groups excluding carboxylic acids is 2. The van der Waals surface area contributed by atoms with E-state index in [-0.39, 0.29) is 11.7 Å². The molecule has 128 valence electrons. The molecule has 5 heteroatoms. The Labute approximate surface area is 150 Å². The molecule has 0 atom stereocenters. The first-order chi connectivity index (χ1) is 12.7. The van der Waals surface area contributed by atoms with Crippen LogP contribution in [-0.2, 0) is 4.74 Å². The Bertz CT molecular complexity index is 994. The Morgan fingerprint density at radius 2 is 1.69 bits per heavy atom. The second-order valence-electron chi connectivity index (χ2n) is 5.33. The summed E-state index contributed by atoms with van der Waals surface area (Å²) < 4.78 is 9.77. The van der Waals surface area contributed by atoms with Gasteiger partial charge < -0.3 is 14.5 Å². The number of amides is 1. The number of benzene rings is 2. The number of furan rings is 1. The van der Waals surface area contributed by atoms with Crippen molar-refractivity contribution in [2.24, 2.45) is 0 Å². The molecular weight excluding hydrogens is 330 g/mol. The smallest absolute Gasteiger partial charge is 0.337 e. The molecule has 0 saturated heterocycles. The third-order valence-corrected chi connectivity index (χ3v) is 3.50. The van der Waals surface area contributed by atoms with Crippen molar-refractivity contribution in [3.05, 3.63) is 89.4 Å². The van der Waals surface area contributed by atoms with Crippen molar-refractivity contribution in [1.82, 2.24) is 0 Å². The van der Waals surface area contributed by atoms with Crippen molar-refractivity contribution < 1.29 is 18.7 Å². The Hall–Kier alpha value is -3.78. The fourth-order valence-electron chi connectivity index (χ4n) is 2.26. The molecule has 0 radical (unpaired) electrons. The molecule has 1 amide bonds. The first kappa shape index (κ1) is 17.1. The molecule has 0 fully saturated rings. The van der Waals surface area contributed by atoms with Gasteiger partial charge in [0.2, 0.25) is 0 Å². The van der Waals surface area contributed by atoms with E-state index in [0.717, 1.165) is 5.56 Å². The van der Waals surface area contributed by atoms with E-state index in [0.29, 0.717) is 16.8 Å². The Morgan fingerprint density at radius 3 is 2.38 bits per heavy atom. The van der Waals surface area contributed by atoms with Gasteiger partial charge >= 0.3 is 5.97 Å². The van der Waals surface area contributed by atoms with E-state index in [1.165, 1.54) is 13.4 Å². The third-order valence-electron chi connectivity index (χ3n) is 3.50. The second kappa shape index (κ2) is 7.86. The maximum Gasteiger partial charge on any atom is 0.337 e. The van der Waals surface area contributed by atoms with Gasteiger partial charge in [0.15, 0.2) is 5.76 Å². The fourth-order valence-corrected chi connectivity index (χ4v) is 2.26. The van der Waals surface area contributed by atoms with E-state index in [1.54, 1.807) is 48.5 Å². The van der Waals surface area contributed by atoms with Crippen LogP contribution in [0.4, 0.5) is 5.69 Å². The van der Waals surface area contributed by atoms with Gasteiger partial charge in [-0.15, -0.1) is 0 Å². The van der Waals surface area contributed by atoms with Crippen molar-refractivity contribution in [3.63, 3.8) is 0 Å². The van der Waals surface area contributed by atoms with Crippen molar-refractivity contribution in [2.45, 2.75) is 0 Å². The average Bonchev–Trinajstić information content (AvgIpc) is 3.21. The standard InChI is InChI=1S/C21H15NO4/c1-25-21(24)17-7-2-5-15(13-17)10-11-16-6-3-8-18(14-16)22-20(23)19-9-4-12-26-19/h2-9,12-14H,1H3,(H,22,23). The van der Waals surface area contributed by atoms with E-state index in [1.807, 2.05) is 12.1 Å². The zero-order chi connectivity index (χ0) is 18.4. The molecule has 0 spiro atoms. The summed E-state index contributed by atoms with van der Waals surface area (Å²) in [6.45, 7) is 0. The van der Waals surface area contributed by atoms with E-state index >= 15 is 0 Å². The number of esters is 1. The molecular formula is C21H15NO4. The predicted octanol–water partition coefficient (Wildman–Crippen LogP) is 3.72. The van der Waals surface area contributed by atoms with Crippen molar-refractivity contribution in [2.75, 3.05) is 12.4 Å². The molecule has 0 aliphatic heterocycles. The van der Waals surface area contributed by atoms with Gasteiger partial charge in [-0.1, -0.05) is 24.0 Å². The number of nitrogens with one attached hydrogen (secondary N) is 1. The summed E-state index contributed by atoms with van der Waals surface area (Å²) in [6, 6.07) is 17.3. The lowest BCUT2D eigenvalue weighted by Gasteiger charge is -2.03. The topological polar surface area (TPSA) is 68.5 Å². The Balaban J connectivity index is 1.77. The van der Waals surface area contributed by atoms with Crippen LogP contribution in [0.25, 0.3) is 0 Å². The number of hydrogen-bond acceptors (Lipinski definition) is 4. The molecule has 0 aliphatic rings. The van der Waals surface area contributed by atoms with Gasteiger partial charge in [0.05, 0.1) is 18.9 Å². The molecule has 3 aromatic rings. The zero-order valence-corrected chi connectivity index (χ0v) is 14.0. The van der Waals surface area contributed by atoms with Gasteiger partial charge in [-0.25, -0.2) is 4.79 Å². The minimum atomic E-state index is -0.406. The minimum absolute atomic E-state index is 0.237. The molecule has 0 bridgehead atoms. The highest BCUT2D eigenvalue weighted by molar-refractivity contribution is 6.02. The summed E-state index contributed by atoms with van der Waals surface area (Å²) in [5.41, 5.74) is 2.48. The maximum atomic E-state index is 12.0. The van der Waals surface area contributed by atoms with E-state index < -0.39 is 5.97 Å². The van der Waals surface area contributed by atoms with Gasteiger partial charge in [0.1, 0.15) is 0 Å². The van der Waals surface area contributed by atoms with Crippen LogP contribution in [0.3, 0.4) is 0 Å². The molecule has 26 heavy (non-hydrogen) atoms. The maximum absolute atomic E-state index is 12.0. The highest BCUT2D eigenvalue weighted by Crippen LogP contribution is 2.12. The first-order valence-corrected chi connectivity index (χ1v) is 7.81. The van der Waals surface area contributed by atoms with Crippen LogP contribution in [0.5, 0.6) is 0 Å². The summed E-state index contributed by atoms with van der Waals surface area (Å²) in [6.07, 6.45) is 1.44. The number of anilines is 1. The second-order valence-corrected chi connectivity index (χ2v) is 5.33. The minimum Gasteiger partial charge on any atom is -0.465 e. The fraction of sp³-hybridized carbons (Fsp3) is 0.0476. The summed E-state index contributed by atoms with van der Waals surface area (Å²) >= 11 is 0. The number of carbonyl (C=O) groups is 2. The zero-order valence-electron chi connectivity index (χ0n) is 14.0. The van der Waals surface area contributed by atoms with Gasteiger partial charge in [-0.2, -0.15) is 0 Å². The number of ether oxygens (including phenoxy) is 1. The van der Waals surface area contributed by atoms with E-state index in [9.17, 15) is 9.59 Å². The van der Waals surface area contributed by atoms with Crippen molar-refractivity contribution in [3.8, 4) is 11.8 Å². The molecule has 1 heterocycles. The van der Waals surface area contributed by atoms with Gasteiger partial charge in [0, 0.05) is 16.8 Å². The summed E-state index contributed by atoms with van der Waals surface area (Å²) in [4.78, 5) is 23.6. The summed E-state index contributed by atoms with van der Waals surface area (Å²) in [5.74, 6) is 5.52. The third kappa shape index (κ3) is 4.19. The number of rotatable bonds is 3. The molecule has 3 rings (SSSR count). The summed E-state index contributed by atoms with van der Waals surface area (Å²) in [7, 11) is 1.34. The van der Waals surface area contributed by atoms with Gasteiger partial charge in [-0.05, 0) is 48.5 Å².